The van der Waals surface area contributed by atoms with E-state index in [0.29, 0.717) is 21.6 Å². The molecule has 0 saturated carbocycles. The van der Waals surface area contributed by atoms with Crippen LogP contribution in [0.15, 0.2) is 24.3 Å². The molecule has 0 spiro atoms. The van der Waals surface area contributed by atoms with Gasteiger partial charge in [0.25, 0.3) is 5.91 Å². The third-order valence-electron chi connectivity index (χ3n) is 5.15. The van der Waals surface area contributed by atoms with Crippen LogP contribution in [-0.4, -0.2) is 60.1 Å². The number of carbonyl (C=O) groups is 1. The lowest BCUT2D eigenvalue weighted by atomic mass is 10.2. The van der Waals surface area contributed by atoms with Crippen molar-refractivity contribution in [2.75, 3.05) is 44.3 Å². The highest BCUT2D eigenvalue weighted by atomic mass is 35.5. The van der Waals surface area contributed by atoms with Crippen LogP contribution in [0.25, 0.3) is 10.2 Å². The molecule has 0 aliphatic carbocycles. The van der Waals surface area contributed by atoms with Gasteiger partial charge in [0.1, 0.15) is 0 Å². The molecule has 8 nitrogen and oxygen atoms in total. The molecular weight excluding hydrogens is 460 g/mol. The second-order valence-electron chi connectivity index (χ2n) is 7.17. The number of aromatic nitrogens is 1. The van der Waals surface area contributed by atoms with Crippen molar-refractivity contribution >= 4 is 60.5 Å². The van der Waals surface area contributed by atoms with Gasteiger partial charge in [-0.3, -0.25) is 24.7 Å². The summed E-state index contributed by atoms with van der Waals surface area (Å²) in [6.45, 7) is 6.41. The molecule has 4 rings (SSSR count). The van der Waals surface area contributed by atoms with Gasteiger partial charge in [0.2, 0.25) is 0 Å². The topological polar surface area (TPSA) is 88.8 Å². The van der Waals surface area contributed by atoms with Gasteiger partial charge in [-0.15, -0.1) is 0 Å². The van der Waals surface area contributed by atoms with Crippen LogP contribution >= 0.6 is 34.3 Å². The van der Waals surface area contributed by atoms with E-state index in [4.69, 9.17) is 21.3 Å². The van der Waals surface area contributed by atoms with Crippen molar-refractivity contribution < 1.29 is 14.5 Å². The fourth-order valence-electron chi connectivity index (χ4n) is 3.44. The van der Waals surface area contributed by atoms with Gasteiger partial charge in [-0.2, -0.15) is 0 Å². The second-order valence-corrected chi connectivity index (χ2v) is 9.65. The Kier molecular flexibility index (Phi) is 6.83. The molecule has 3 aromatic rings. The number of hydrogen-bond acceptors (Lipinski definition) is 8. The van der Waals surface area contributed by atoms with Crippen LogP contribution in [0.4, 0.5) is 10.1 Å². The molecule has 1 fully saturated rings. The lowest BCUT2D eigenvalue weighted by Crippen LogP contribution is -2.39. The molecule has 1 aliphatic heterocycles. The maximum atomic E-state index is 13.3. The number of aryl methyl sites for hydroxylation is 1. The van der Waals surface area contributed by atoms with Crippen molar-refractivity contribution in [1.82, 2.24) is 9.88 Å². The summed E-state index contributed by atoms with van der Waals surface area (Å²) in [6.07, 6.45) is 0.759. The van der Waals surface area contributed by atoms with Gasteiger partial charge in [0.05, 0.1) is 33.2 Å². The van der Waals surface area contributed by atoms with Crippen molar-refractivity contribution in [3.05, 3.63) is 49.8 Å². The predicted molar refractivity (Wildman–Crippen MR) is 124 cm³/mol. The van der Waals surface area contributed by atoms with E-state index < -0.39 is 4.92 Å². The number of amides is 1. The molecule has 164 valence electrons. The summed E-state index contributed by atoms with van der Waals surface area (Å²) < 4.78 is 6.33. The molecule has 0 bridgehead atoms. The first kappa shape index (κ1) is 22.1. The number of morpholine rings is 1. The average molecular weight is 481 g/mol. The molecule has 3 heterocycles. The Hall–Kier alpha value is -2.11. The van der Waals surface area contributed by atoms with Gasteiger partial charge in [-0.05, 0) is 37.1 Å². The fourth-order valence-corrected chi connectivity index (χ4v) is 5.41. The number of carbonyl (C=O) groups excluding carboxylic acids is 1. The molecule has 1 amide bonds. The minimum absolute atomic E-state index is 0.0523. The minimum atomic E-state index is -0.479. The number of benzene rings is 1. The summed E-state index contributed by atoms with van der Waals surface area (Å²) in [5.41, 5.74) is 1.64. The Labute approximate surface area is 192 Å². The fraction of sp³-hybridized carbons (Fsp3) is 0.400. The van der Waals surface area contributed by atoms with Gasteiger partial charge in [0, 0.05) is 37.3 Å². The van der Waals surface area contributed by atoms with Crippen LogP contribution in [0.3, 0.4) is 0 Å². The smallest absolute Gasteiger partial charge is 0.324 e. The first-order valence-corrected chi connectivity index (χ1v) is 11.9. The maximum Gasteiger partial charge on any atom is 0.324 e. The summed E-state index contributed by atoms with van der Waals surface area (Å²) in [4.78, 5) is 32.9. The van der Waals surface area contributed by atoms with Crippen molar-refractivity contribution in [3.63, 3.8) is 0 Å². The van der Waals surface area contributed by atoms with Crippen LogP contribution in [-0.2, 0) is 4.74 Å². The van der Waals surface area contributed by atoms with Crippen molar-refractivity contribution in [2.24, 2.45) is 0 Å². The van der Waals surface area contributed by atoms with E-state index in [9.17, 15) is 14.9 Å². The highest BCUT2D eigenvalue weighted by Gasteiger charge is 2.25. The molecule has 0 unspecified atom stereocenters. The zero-order valence-corrected chi connectivity index (χ0v) is 19.3. The largest absolute Gasteiger partial charge is 0.379 e. The molecule has 0 radical (unpaired) electrons. The number of ether oxygens (including phenoxy) is 1. The van der Waals surface area contributed by atoms with E-state index >= 15 is 0 Å². The molecule has 0 N–H and O–H groups in total. The zero-order valence-electron chi connectivity index (χ0n) is 16.9. The molecule has 0 atom stereocenters. The van der Waals surface area contributed by atoms with Gasteiger partial charge < -0.3 is 4.74 Å². The Balaban J connectivity index is 1.60. The number of thiophene rings is 1. The van der Waals surface area contributed by atoms with Crippen LogP contribution in [0.2, 0.25) is 5.02 Å². The molecule has 31 heavy (non-hydrogen) atoms. The summed E-state index contributed by atoms with van der Waals surface area (Å²) in [5.74, 6) is -0.275. The normalized spacial score (nSPS) is 14.8. The Bertz CT molecular complexity index is 1110. The summed E-state index contributed by atoms with van der Waals surface area (Å²) in [6, 6.07) is 6.61. The maximum absolute atomic E-state index is 13.3. The highest BCUT2D eigenvalue weighted by Crippen LogP contribution is 2.35. The molecule has 2 aromatic heterocycles. The molecule has 11 heteroatoms. The van der Waals surface area contributed by atoms with E-state index in [1.807, 2.05) is 19.1 Å². The highest BCUT2D eigenvalue weighted by molar-refractivity contribution is 7.22. The van der Waals surface area contributed by atoms with Crippen LogP contribution in [0, 0.1) is 17.0 Å². The zero-order chi connectivity index (χ0) is 22.0. The molecular formula is C20H21ClN4O4S2. The predicted octanol–water partition coefficient (Wildman–Crippen LogP) is 4.60. The Morgan fingerprint density at radius 1 is 1.29 bits per heavy atom. The summed E-state index contributed by atoms with van der Waals surface area (Å²) >= 11 is 8.55. The Morgan fingerprint density at radius 3 is 2.77 bits per heavy atom. The number of nitrogens with zero attached hydrogens (tertiary/aromatic N) is 4. The lowest BCUT2D eigenvalue weighted by Gasteiger charge is -2.27. The van der Waals surface area contributed by atoms with E-state index in [1.165, 1.54) is 23.5 Å². The van der Waals surface area contributed by atoms with Crippen molar-refractivity contribution in [3.8, 4) is 0 Å². The van der Waals surface area contributed by atoms with Gasteiger partial charge >= 0.3 is 5.00 Å². The lowest BCUT2D eigenvalue weighted by molar-refractivity contribution is -0.380. The number of fused-ring (bicyclic) bond motifs is 1. The van der Waals surface area contributed by atoms with Crippen molar-refractivity contribution in [1.29, 1.82) is 0 Å². The third-order valence-corrected chi connectivity index (χ3v) is 7.63. The number of hydrogen-bond donors (Lipinski definition) is 0. The monoisotopic (exact) mass is 480 g/mol. The standard InChI is InChI=1S/C20H21ClN4O4S2/c1-13-14(21)3-4-15-18(13)22-20(31-15)24(8-2-7-23-9-11-29-12-10-23)19(26)16-5-6-17(30-16)25(27)28/h3-6H,2,7-12H2,1H3. The van der Waals surface area contributed by atoms with E-state index in [0.717, 1.165) is 66.4 Å². The molecule has 1 aromatic carbocycles. The summed E-state index contributed by atoms with van der Waals surface area (Å²) in [5, 5.41) is 12.2. The molecule has 1 saturated heterocycles. The van der Waals surface area contributed by atoms with E-state index in [1.54, 1.807) is 4.90 Å². The van der Waals surface area contributed by atoms with E-state index in [2.05, 4.69) is 4.90 Å². The minimum Gasteiger partial charge on any atom is -0.379 e. The number of anilines is 1. The number of rotatable bonds is 7. The third kappa shape index (κ3) is 4.88. The molecule has 1 aliphatic rings. The quantitative estimate of drug-likeness (QED) is 0.363. The first-order valence-electron chi connectivity index (χ1n) is 9.86. The SMILES string of the molecule is Cc1c(Cl)ccc2sc(N(CCCN3CCOCC3)C(=O)c3ccc([N+](=O)[O-])s3)nc12. The van der Waals surface area contributed by atoms with Crippen molar-refractivity contribution in [2.45, 2.75) is 13.3 Å². The average Bonchev–Trinajstić information content (AvgIpc) is 3.42. The Morgan fingerprint density at radius 2 is 2.06 bits per heavy atom. The van der Waals surface area contributed by atoms with Gasteiger partial charge in [0.15, 0.2) is 5.13 Å². The van der Waals surface area contributed by atoms with E-state index in [-0.39, 0.29) is 10.9 Å². The van der Waals surface area contributed by atoms with Gasteiger partial charge in [-0.25, -0.2) is 4.98 Å². The van der Waals surface area contributed by atoms with Crippen LogP contribution in [0.5, 0.6) is 0 Å². The number of nitro groups is 1. The van der Waals surface area contributed by atoms with Crippen LogP contribution < -0.4 is 4.90 Å². The number of thiazole rings is 1. The first-order chi connectivity index (χ1) is 14.9. The summed E-state index contributed by atoms with van der Waals surface area (Å²) in [7, 11) is 0. The number of halogens is 1. The van der Waals surface area contributed by atoms with Crippen LogP contribution in [0.1, 0.15) is 21.7 Å². The second kappa shape index (κ2) is 9.58. The van der Waals surface area contributed by atoms with Gasteiger partial charge in [-0.1, -0.05) is 34.3 Å².